The molecule has 1 aliphatic heterocycles. The largest absolute Gasteiger partial charge is 0.375 e. The molecule has 2 atom stereocenters. The van der Waals surface area contributed by atoms with Crippen LogP contribution in [0, 0.1) is 0 Å². The third-order valence-electron chi connectivity index (χ3n) is 4.71. The lowest BCUT2D eigenvalue weighted by molar-refractivity contribution is 0.0529. The standard InChI is InChI=1S/C21H29N5O.HI/c1-16-15-26(11-12-27-16)20-10-9-18(13-23-20)14-24-21(22-3)25-17(2)19-7-5-4-6-8-19;/h4-10,13,16-17H,11-12,14-15H2,1-3H3,(H2,22,24,25);1H. The fraction of sp³-hybridized carbons (Fsp3) is 0.429. The van der Waals surface area contributed by atoms with E-state index in [2.05, 4.69) is 63.6 Å². The molecule has 3 rings (SSSR count). The van der Waals surface area contributed by atoms with E-state index in [4.69, 9.17) is 4.74 Å². The van der Waals surface area contributed by atoms with Crippen LogP contribution in [0.2, 0.25) is 0 Å². The van der Waals surface area contributed by atoms with Crippen LogP contribution < -0.4 is 15.5 Å². The highest BCUT2D eigenvalue weighted by molar-refractivity contribution is 14.0. The number of morpholine rings is 1. The summed E-state index contributed by atoms with van der Waals surface area (Å²) in [7, 11) is 1.79. The Labute approximate surface area is 184 Å². The second-order valence-corrected chi connectivity index (χ2v) is 6.85. The second kappa shape index (κ2) is 11.2. The van der Waals surface area contributed by atoms with Crippen LogP contribution in [0.5, 0.6) is 0 Å². The highest BCUT2D eigenvalue weighted by Crippen LogP contribution is 2.15. The minimum atomic E-state index is 0. The lowest BCUT2D eigenvalue weighted by Gasteiger charge is -2.32. The van der Waals surface area contributed by atoms with Crippen molar-refractivity contribution in [3.63, 3.8) is 0 Å². The van der Waals surface area contributed by atoms with Gasteiger partial charge in [0, 0.05) is 32.9 Å². The monoisotopic (exact) mass is 495 g/mol. The molecule has 0 saturated carbocycles. The summed E-state index contributed by atoms with van der Waals surface area (Å²) in [6.45, 7) is 7.44. The molecule has 0 bridgehead atoms. The number of rotatable bonds is 5. The average molecular weight is 495 g/mol. The predicted molar refractivity (Wildman–Crippen MR) is 125 cm³/mol. The van der Waals surface area contributed by atoms with Crippen LogP contribution in [0.3, 0.4) is 0 Å². The molecule has 0 aliphatic carbocycles. The van der Waals surface area contributed by atoms with Crippen LogP contribution in [-0.4, -0.2) is 43.8 Å². The molecule has 2 heterocycles. The first kappa shape index (κ1) is 22.4. The van der Waals surface area contributed by atoms with Crippen LogP contribution in [0.1, 0.15) is 31.0 Å². The van der Waals surface area contributed by atoms with Gasteiger partial charge in [-0.05, 0) is 31.0 Å². The van der Waals surface area contributed by atoms with Gasteiger partial charge in [-0.1, -0.05) is 36.4 Å². The minimum Gasteiger partial charge on any atom is -0.375 e. The highest BCUT2D eigenvalue weighted by atomic mass is 127. The Morgan fingerprint density at radius 3 is 2.71 bits per heavy atom. The van der Waals surface area contributed by atoms with Crippen LogP contribution in [0.4, 0.5) is 5.82 Å². The number of ether oxygens (including phenoxy) is 1. The fourth-order valence-corrected chi connectivity index (χ4v) is 3.15. The zero-order valence-electron chi connectivity index (χ0n) is 16.8. The third-order valence-corrected chi connectivity index (χ3v) is 4.71. The van der Waals surface area contributed by atoms with Crippen molar-refractivity contribution in [1.82, 2.24) is 15.6 Å². The number of benzene rings is 1. The Balaban J connectivity index is 0.00000280. The molecule has 2 aromatic rings. The molecule has 2 unspecified atom stereocenters. The minimum absolute atomic E-state index is 0. The summed E-state index contributed by atoms with van der Waals surface area (Å²) in [5.41, 5.74) is 2.35. The second-order valence-electron chi connectivity index (χ2n) is 6.85. The molecule has 1 saturated heterocycles. The van der Waals surface area contributed by atoms with Gasteiger partial charge in [0.25, 0.3) is 0 Å². The van der Waals surface area contributed by atoms with E-state index < -0.39 is 0 Å². The van der Waals surface area contributed by atoms with E-state index in [-0.39, 0.29) is 36.1 Å². The van der Waals surface area contributed by atoms with E-state index in [1.807, 2.05) is 24.4 Å². The zero-order chi connectivity index (χ0) is 19.1. The van der Waals surface area contributed by atoms with Gasteiger partial charge in [-0.25, -0.2) is 4.98 Å². The Morgan fingerprint density at radius 1 is 1.29 bits per heavy atom. The molecule has 1 aliphatic rings. The van der Waals surface area contributed by atoms with Crippen molar-refractivity contribution in [2.75, 3.05) is 31.6 Å². The molecule has 0 radical (unpaired) electrons. The smallest absolute Gasteiger partial charge is 0.191 e. The number of anilines is 1. The quantitative estimate of drug-likeness (QED) is 0.379. The number of hydrogen-bond acceptors (Lipinski definition) is 4. The highest BCUT2D eigenvalue weighted by Gasteiger charge is 2.17. The number of halogens is 1. The number of aliphatic imine (C=N–C) groups is 1. The van der Waals surface area contributed by atoms with Crippen LogP contribution in [0.25, 0.3) is 0 Å². The Kier molecular flexibility index (Phi) is 8.98. The summed E-state index contributed by atoms with van der Waals surface area (Å²) >= 11 is 0. The SMILES string of the molecule is CN=C(NCc1ccc(N2CCOC(C)C2)nc1)NC(C)c1ccccc1.I. The maximum absolute atomic E-state index is 5.59. The summed E-state index contributed by atoms with van der Waals surface area (Å²) in [6, 6.07) is 14.7. The Hall–Kier alpha value is -1.87. The van der Waals surface area contributed by atoms with Gasteiger partial charge in [-0.2, -0.15) is 0 Å². The first-order valence-corrected chi connectivity index (χ1v) is 9.49. The molecule has 1 aromatic carbocycles. The third kappa shape index (κ3) is 6.34. The number of hydrogen-bond donors (Lipinski definition) is 2. The summed E-state index contributed by atoms with van der Waals surface area (Å²) in [6.07, 6.45) is 2.18. The van der Waals surface area contributed by atoms with Gasteiger partial charge in [-0.3, -0.25) is 4.99 Å². The van der Waals surface area contributed by atoms with Crippen molar-refractivity contribution in [3.8, 4) is 0 Å². The van der Waals surface area contributed by atoms with Crippen molar-refractivity contribution >= 4 is 35.8 Å². The van der Waals surface area contributed by atoms with E-state index >= 15 is 0 Å². The van der Waals surface area contributed by atoms with E-state index in [0.29, 0.717) is 6.54 Å². The topological polar surface area (TPSA) is 61.8 Å². The predicted octanol–water partition coefficient (Wildman–Crippen LogP) is 3.35. The molecule has 1 fully saturated rings. The summed E-state index contributed by atoms with van der Waals surface area (Å²) in [5, 5.41) is 6.78. The van der Waals surface area contributed by atoms with E-state index in [9.17, 15) is 0 Å². The van der Waals surface area contributed by atoms with Crippen molar-refractivity contribution < 1.29 is 4.74 Å². The van der Waals surface area contributed by atoms with Gasteiger partial charge in [-0.15, -0.1) is 24.0 Å². The molecule has 6 nitrogen and oxygen atoms in total. The number of aromatic nitrogens is 1. The van der Waals surface area contributed by atoms with Gasteiger partial charge >= 0.3 is 0 Å². The normalized spacial score (nSPS) is 18.2. The number of guanidine groups is 1. The summed E-state index contributed by atoms with van der Waals surface area (Å²) < 4.78 is 5.59. The fourth-order valence-electron chi connectivity index (χ4n) is 3.15. The zero-order valence-corrected chi connectivity index (χ0v) is 19.1. The molecule has 152 valence electrons. The maximum Gasteiger partial charge on any atom is 0.191 e. The van der Waals surface area contributed by atoms with Crippen molar-refractivity contribution in [1.29, 1.82) is 0 Å². The lowest BCUT2D eigenvalue weighted by atomic mass is 10.1. The first-order chi connectivity index (χ1) is 13.2. The molecule has 2 N–H and O–H groups in total. The van der Waals surface area contributed by atoms with E-state index in [1.165, 1.54) is 5.56 Å². The van der Waals surface area contributed by atoms with Gasteiger partial charge in [0.05, 0.1) is 18.8 Å². The van der Waals surface area contributed by atoms with Gasteiger partial charge in [0.15, 0.2) is 5.96 Å². The number of nitrogens with zero attached hydrogens (tertiary/aromatic N) is 3. The lowest BCUT2D eigenvalue weighted by Crippen LogP contribution is -2.41. The molecule has 28 heavy (non-hydrogen) atoms. The first-order valence-electron chi connectivity index (χ1n) is 9.49. The van der Waals surface area contributed by atoms with Crippen LogP contribution in [-0.2, 0) is 11.3 Å². The average Bonchev–Trinajstić information content (AvgIpc) is 2.72. The molecule has 0 amide bonds. The Bertz CT molecular complexity index is 738. The van der Waals surface area contributed by atoms with Gasteiger partial charge in [0.1, 0.15) is 5.82 Å². The van der Waals surface area contributed by atoms with Crippen molar-refractivity contribution in [3.05, 3.63) is 59.8 Å². The molecule has 7 heteroatoms. The molecule has 1 aromatic heterocycles. The molecular weight excluding hydrogens is 465 g/mol. The van der Waals surface area contributed by atoms with E-state index in [0.717, 1.165) is 37.0 Å². The Morgan fingerprint density at radius 2 is 2.07 bits per heavy atom. The van der Waals surface area contributed by atoms with Crippen molar-refractivity contribution in [2.24, 2.45) is 4.99 Å². The van der Waals surface area contributed by atoms with Gasteiger partial charge < -0.3 is 20.3 Å². The summed E-state index contributed by atoms with van der Waals surface area (Å²) in [5.74, 6) is 1.78. The van der Waals surface area contributed by atoms with E-state index in [1.54, 1.807) is 7.05 Å². The summed E-state index contributed by atoms with van der Waals surface area (Å²) in [4.78, 5) is 11.2. The maximum atomic E-state index is 5.59. The van der Waals surface area contributed by atoms with Gasteiger partial charge in [0.2, 0.25) is 0 Å². The van der Waals surface area contributed by atoms with Crippen molar-refractivity contribution in [2.45, 2.75) is 32.5 Å². The molecular formula is C21H30IN5O. The van der Waals surface area contributed by atoms with Crippen LogP contribution >= 0.6 is 24.0 Å². The molecule has 0 spiro atoms. The number of nitrogens with one attached hydrogen (secondary N) is 2. The number of pyridine rings is 1. The van der Waals surface area contributed by atoms with Crippen LogP contribution in [0.15, 0.2) is 53.7 Å².